The predicted octanol–water partition coefficient (Wildman–Crippen LogP) is 0.186. The summed E-state index contributed by atoms with van der Waals surface area (Å²) in [6.07, 6.45) is 4.58. The highest BCUT2D eigenvalue weighted by Crippen LogP contribution is 1.87. The second-order valence-corrected chi connectivity index (χ2v) is 2.41. The van der Waals surface area contributed by atoms with Crippen LogP contribution in [0.25, 0.3) is 0 Å². The van der Waals surface area contributed by atoms with Gasteiger partial charge in [-0.2, -0.15) is 0 Å². The first-order chi connectivity index (χ1) is 6.34. The van der Waals surface area contributed by atoms with Gasteiger partial charge in [-0.3, -0.25) is 9.36 Å². The number of rotatable bonds is 5. The molecule has 0 radical (unpaired) electrons. The maximum atomic E-state index is 11.2. The molecule has 1 rings (SSSR count). The molecule has 1 aromatic rings. The summed E-state index contributed by atoms with van der Waals surface area (Å²) in [5.41, 5.74) is 0. The number of nitrogens with zero attached hydrogens (tertiary/aromatic N) is 2. The molecule has 0 aliphatic heterocycles. The summed E-state index contributed by atoms with van der Waals surface area (Å²) in [6.45, 7) is 0.980. The number of hydrogen-bond acceptors (Lipinski definition) is 4. The van der Waals surface area contributed by atoms with E-state index in [1.165, 1.54) is 10.9 Å². The summed E-state index contributed by atoms with van der Waals surface area (Å²) >= 11 is 0. The van der Waals surface area contributed by atoms with Gasteiger partial charge in [0.05, 0.1) is 13.2 Å². The van der Waals surface area contributed by atoms with Crippen LogP contribution in [-0.2, 0) is 9.47 Å². The summed E-state index contributed by atoms with van der Waals surface area (Å²) in [6, 6.07) is 0. The van der Waals surface area contributed by atoms with Crippen molar-refractivity contribution in [2.75, 3.05) is 26.9 Å². The molecule has 1 heterocycles. The van der Waals surface area contributed by atoms with Crippen LogP contribution in [0.2, 0.25) is 0 Å². The maximum absolute atomic E-state index is 11.2. The van der Waals surface area contributed by atoms with Crippen LogP contribution in [0.5, 0.6) is 0 Å². The van der Waals surface area contributed by atoms with Crippen molar-refractivity contribution in [1.29, 1.82) is 0 Å². The van der Waals surface area contributed by atoms with Gasteiger partial charge in [-0.25, -0.2) is 4.98 Å². The lowest BCUT2D eigenvalue weighted by Gasteiger charge is -2.02. The number of aromatic nitrogens is 2. The summed E-state index contributed by atoms with van der Waals surface area (Å²) in [7, 11) is 1.58. The molecule has 0 spiro atoms. The SMILES string of the molecule is COCCOCC(=O)n1ccnc1. The number of hydrogen-bond donors (Lipinski definition) is 0. The van der Waals surface area contributed by atoms with E-state index >= 15 is 0 Å². The third kappa shape index (κ3) is 3.35. The van der Waals surface area contributed by atoms with Gasteiger partial charge in [0.1, 0.15) is 12.9 Å². The van der Waals surface area contributed by atoms with Crippen LogP contribution in [0.1, 0.15) is 4.79 Å². The van der Waals surface area contributed by atoms with Gasteiger partial charge in [-0.1, -0.05) is 0 Å². The fourth-order valence-electron chi connectivity index (χ4n) is 0.783. The Morgan fingerprint density at radius 3 is 3.00 bits per heavy atom. The highest BCUT2D eigenvalue weighted by molar-refractivity contribution is 5.79. The standard InChI is InChI=1S/C8H12N2O3/c1-12-4-5-13-6-8(11)10-3-2-9-7-10/h2-3,7H,4-6H2,1H3. The van der Waals surface area contributed by atoms with Crippen molar-refractivity contribution >= 4 is 5.91 Å². The van der Waals surface area contributed by atoms with Crippen molar-refractivity contribution < 1.29 is 14.3 Å². The summed E-state index contributed by atoms with van der Waals surface area (Å²) in [5.74, 6) is -0.131. The number of carbonyl (C=O) groups excluding carboxylic acids is 1. The Balaban J connectivity index is 2.19. The zero-order valence-corrected chi connectivity index (χ0v) is 7.47. The highest BCUT2D eigenvalue weighted by atomic mass is 16.5. The van der Waals surface area contributed by atoms with E-state index in [0.717, 1.165) is 0 Å². The Labute approximate surface area is 76.3 Å². The molecule has 0 bridgehead atoms. The van der Waals surface area contributed by atoms with Gasteiger partial charge in [-0.15, -0.1) is 0 Å². The largest absolute Gasteiger partial charge is 0.382 e. The van der Waals surface area contributed by atoms with E-state index in [-0.39, 0.29) is 12.5 Å². The fraction of sp³-hybridized carbons (Fsp3) is 0.500. The van der Waals surface area contributed by atoms with Crippen molar-refractivity contribution in [1.82, 2.24) is 9.55 Å². The quantitative estimate of drug-likeness (QED) is 0.613. The predicted molar refractivity (Wildman–Crippen MR) is 45.5 cm³/mol. The third-order valence-corrected chi connectivity index (χ3v) is 1.45. The first-order valence-electron chi connectivity index (χ1n) is 3.92. The molecular weight excluding hydrogens is 172 g/mol. The highest BCUT2D eigenvalue weighted by Gasteiger charge is 2.02. The zero-order chi connectivity index (χ0) is 9.52. The lowest BCUT2D eigenvalue weighted by Crippen LogP contribution is -2.17. The van der Waals surface area contributed by atoms with Crippen LogP contribution < -0.4 is 0 Å². The Kier molecular flexibility index (Phi) is 4.14. The molecule has 0 atom stereocenters. The van der Waals surface area contributed by atoms with Gasteiger partial charge in [0.2, 0.25) is 0 Å². The summed E-state index contributed by atoms with van der Waals surface area (Å²) in [4.78, 5) is 15.0. The smallest absolute Gasteiger partial charge is 0.257 e. The van der Waals surface area contributed by atoms with E-state index in [9.17, 15) is 4.79 Å². The molecule has 0 amide bonds. The Bertz CT molecular complexity index is 246. The van der Waals surface area contributed by atoms with Crippen LogP contribution in [0.4, 0.5) is 0 Å². The van der Waals surface area contributed by atoms with E-state index < -0.39 is 0 Å². The lowest BCUT2D eigenvalue weighted by atomic mass is 10.6. The minimum Gasteiger partial charge on any atom is -0.382 e. The van der Waals surface area contributed by atoms with Gasteiger partial charge in [0, 0.05) is 19.5 Å². The van der Waals surface area contributed by atoms with E-state index in [4.69, 9.17) is 9.47 Å². The number of imidazole rings is 1. The van der Waals surface area contributed by atoms with E-state index in [2.05, 4.69) is 4.98 Å². The average molecular weight is 184 g/mol. The Hall–Kier alpha value is -1.20. The molecule has 72 valence electrons. The van der Waals surface area contributed by atoms with Crippen molar-refractivity contribution in [2.24, 2.45) is 0 Å². The molecule has 0 aromatic carbocycles. The van der Waals surface area contributed by atoms with Crippen molar-refractivity contribution in [3.8, 4) is 0 Å². The Morgan fingerprint density at radius 1 is 1.54 bits per heavy atom. The molecule has 5 nitrogen and oxygen atoms in total. The molecule has 0 N–H and O–H groups in total. The molecule has 0 saturated heterocycles. The van der Waals surface area contributed by atoms with E-state index in [1.54, 1.807) is 19.5 Å². The second-order valence-electron chi connectivity index (χ2n) is 2.41. The molecule has 0 unspecified atom stereocenters. The molecule has 0 aliphatic rings. The van der Waals surface area contributed by atoms with Gasteiger partial charge in [0.15, 0.2) is 0 Å². The van der Waals surface area contributed by atoms with Gasteiger partial charge >= 0.3 is 0 Å². The molecule has 0 saturated carbocycles. The average Bonchev–Trinajstić information content (AvgIpc) is 2.65. The first kappa shape index (κ1) is 9.88. The molecule has 0 fully saturated rings. The van der Waals surface area contributed by atoms with Gasteiger partial charge < -0.3 is 9.47 Å². The van der Waals surface area contributed by atoms with Gasteiger partial charge in [-0.05, 0) is 0 Å². The van der Waals surface area contributed by atoms with Crippen LogP contribution in [0, 0.1) is 0 Å². The molecule has 5 heteroatoms. The van der Waals surface area contributed by atoms with Crippen LogP contribution in [0.15, 0.2) is 18.7 Å². The zero-order valence-electron chi connectivity index (χ0n) is 7.47. The minimum absolute atomic E-state index is 0.0553. The number of carbonyl (C=O) groups is 1. The minimum atomic E-state index is -0.131. The third-order valence-electron chi connectivity index (χ3n) is 1.45. The normalized spacial score (nSPS) is 10.2. The fourth-order valence-corrected chi connectivity index (χ4v) is 0.783. The number of methoxy groups -OCH3 is 1. The second kappa shape index (κ2) is 5.45. The maximum Gasteiger partial charge on any atom is 0.257 e. The van der Waals surface area contributed by atoms with Crippen molar-refractivity contribution in [2.45, 2.75) is 0 Å². The topological polar surface area (TPSA) is 53.4 Å². The van der Waals surface area contributed by atoms with Crippen LogP contribution in [-0.4, -0.2) is 42.4 Å². The van der Waals surface area contributed by atoms with E-state index in [1.807, 2.05) is 0 Å². The van der Waals surface area contributed by atoms with Crippen LogP contribution >= 0.6 is 0 Å². The molecular formula is C8H12N2O3. The summed E-state index contributed by atoms with van der Waals surface area (Å²) < 4.78 is 11.2. The van der Waals surface area contributed by atoms with E-state index in [0.29, 0.717) is 13.2 Å². The Morgan fingerprint density at radius 2 is 2.38 bits per heavy atom. The lowest BCUT2D eigenvalue weighted by molar-refractivity contribution is 0.0515. The van der Waals surface area contributed by atoms with Crippen molar-refractivity contribution in [3.63, 3.8) is 0 Å². The van der Waals surface area contributed by atoms with Gasteiger partial charge in [0.25, 0.3) is 5.91 Å². The summed E-state index contributed by atoms with van der Waals surface area (Å²) in [5, 5.41) is 0. The van der Waals surface area contributed by atoms with Crippen molar-refractivity contribution in [3.05, 3.63) is 18.7 Å². The number of ether oxygens (including phenoxy) is 2. The molecule has 1 aromatic heterocycles. The first-order valence-corrected chi connectivity index (χ1v) is 3.92. The molecule has 0 aliphatic carbocycles. The van der Waals surface area contributed by atoms with Crippen LogP contribution in [0.3, 0.4) is 0 Å². The molecule has 13 heavy (non-hydrogen) atoms. The monoisotopic (exact) mass is 184 g/mol.